The Morgan fingerprint density at radius 1 is 1.09 bits per heavy atom. The Balaban J connectivity index is 2.06. The molecular weight excluding hydrogens is 278 g/mol. The molecule has 1 heterocycles. The number of methoxy groups -OCH3 is 1. The largest absolute Gasteiger partial charge is 0.496 e. The quantitative estimate of drug-likeness (QED) is 0.678. The number of rotatable bonds is 4. The molecule has 0 fully saturated rings. The number of oxazole rings is 1. The highest BCUT2D eigenvalue weighted by Gasteiger charge is 2.14. The molecule has 0 spiro atoms. The second kappa shape index (κ2) is 5.85. The maximum Gasteiger partial charge on any atom is 0.226 e. The summed E-state index contributed by atoms with van der Waals surface area (Å²) in [5, 5.41) is 0. The molecule has 22 heavy (non-hydrogen) atoms. The van der Waals surface area contributed by atoms with Gasteiger partial charge in [0.05, 0.1) is 12.7 Å². The van der Waals surface area contributed by atoms with E-state index in [1.165, 1.54) is 7.11 Å². The number of benzene rings is 2. The van der Waals surface area contributed by atoms with Crippen LogP contribution in [-0.4, -0.2) is 18.4 Å². The van der Waals surface area contributed by atoms with Crippen molar-refractivity contribution in [2.45, 2.75) is 6.92 Å². The molecule has 0 atom stereocenters. The predicted octanol–water partition coefficient (Wildman–Crippen LogP) is 4.14. The van der Waals surface area contributed by atoms with Crippen molar-refractivity contribution in [1.29, 1.82) is 0 Å². The van der Waals surface area contributed by atoms with E-state index in [2.05, 4.69) is 4.98 Å². The van der Waals surface area contributed by atoms with Crippen LogP contribution in [0.3, 0.4) is 0 Å². The third-order valence-electron chi connectivity index (χ3n) is 3.45. The lowest BCUT2D eigenvalue weighted by Crippen LogP contribution is -1.91. The number of aromatic nitrogens is 1. The van der Waals surface area contributed by atoms with E-state index in [1.54, 1.807) is 12.1 Å². The summed E-state index contributed by atoms with van der Waals surface area (Å²) in [5.41, 5.74) is 3.03. The smallest absolute Gasteiger partial charge is 0.226 e. The van der Waals surface area contributed by atoms with Gasteiger partial charge in [0.2, 0.25) is 5.89 Å². The lowest BCUT2D eigenvalue weighted by Gasteiger charge is -2.05. The number of aldehydes is 1. The summed E-state index contributed by atoms with van der Waals surface area (Å²) in [5.74, 6) is 1.82. The van der Waals surface area contributed by atoms with Crippen molar-refractivity contribution in [2.75, 3.05) is 7.11 Å². The maximum atomic E-state index is 11.0. The molecular formula is C18H15NO3. The summed E-state index contributed by atoms with van der Waals surface area (Å²) in [6.45, 7) is 1.87. The molecule has 0 N–H and O–H groups in total. The molecule has 4 heteroatoms. The van der Waals surface area contributed by atoms with Gasteiger partial charge in [-0.05, 0) is 31.2 Å². The zero-order chi connectivity index (χ0) is 15.5. The Kier molecular flexibility index (Phi) is 3.74. The minimum Gasteiger partial charge on any atom is -0.496 e. The molecule has 0 unspecified atom stereocenters. The van der Waals surface area contributed by atoms with Crippen LogP contribution in [0.4, 0.5) is 0 Å². The minimum atomic E-state index is 0.510. The fourth-order valence-electron chi connectivity index (χ4n) is 2.32. The fourth-order valence-corrected chi connectivity index (χ4v) is 2.32. The maximum absolute atomic E-state index is 11.0. The van der Waals surface area contributed by atoms with Crippen molar-refractivity contribution in [3.05, 3.63) is 59.9 Å². The van der Waals surface area contributed by atoms with E-state index >= 15 is 0 Å². The van der Waals surface area contributed by atoms with Crippen molar-refractivity contribution >= 4 is 6.29 Å². The molecule has 0 saturated heterocycles. The predicted molar refractivity (Wildman–Crippen MR) is 84.1 cm³/mol. The van der Waals surface area contributed by atoms with Crippen LogP contribution in [-0.2, 0) is 0 Å². The first kappa shape index (κ1) is 14.1. The molecule has 0 aliphatic rings. The molecule has 0 bridgehead atoms. The lowest BCUT2D eigenvalue weighted by molar-refractivity contribution is 0.112. The van der Waals surface area contributed by atoms with Crippen LogP contribution in [0, 0.1) is 6.92 Å². The van der Waals surface area contributed by atoms with E-state index in [-0.39, 0.29) is 0 Å². The Hall–Kier alpha value is -2.88. The molecule has 2 aromatic carbocycles. The summed E-state index contributed by atoms with van der Waals surface area (Å²) < 4.78 is 11.0. The second-order valence-electron chi connectivity index (χ2n) is 4.86. The van der Waals surface area contributed by atoms with Crippen LogP contribution in [0.15, 0.2) is 52.9 Å². The molecule has 4 nitrogen and oxygen atoms in total. The normalized spacial score (nSPS) is 10.5. The Labute approximate surface area is 128 Å². The summed E-state index contributed by atoms with van der Waals surface area (Å²) in [6.07, 6.45) is 0.771. The number of ether oxygens (including phenoxy) is 1. The Morgan fingerprint density at radius 2 is 1.86 bits per heavy atom. The minimum absolute atomic E-state index is 0.510. The van der Waals surface area contributed by atoms with Crippen molar-refractivity contribution in [3.63, 3.8) is 0 Å². The molecule has 0 aliphatic carbocycles. The van der Waals surface area contributed by atoms with Gasteiger partial charge < -0.3 is 9.15 Å². The Bertz CT molecular complexity index is 806. The van der Waals surface area contributed by atoms with Crippen molar-refractivity contribution in [3.8, 4) is 28.5 Å². The van der Waals surface area contributed by atoms with E-state index in [1.807, 2.05) is 43.3 Å². The van der Waals surface area contributed by atoms with Gasteiger partial charge in [-0.3, -0.25) is 4.79 Å². The van der Waals surface area contributed by atoms with Crippen LogP contribution in [0.5, 0.6) is 5.75 Å². The zero-order valence-corrected chi connectivity index (χ0v) is 12.4. The summed E-state index contributed by atoms with van der Waals surface area (Å²) in [7, 11) is 1.54. The van der Waals surface area contributed by atoms with Crippen LogP contribution >= 0.6 is 0 Å². The summed E-state index contributed by atoms with van der Waals surface area (Å²) in [4.78, 5) is 15.5. The summed E-state index contributed by atoms with van der Waals surface area (Å²) >= 11 is 0. The standard InChI is InChI=1S/C18H15NO3/c1-12-17(14-8-9-15(11-20)16(10-14)21-2)19-18(22-12)13-6-4-3-5-7-13/h3-11H,1-2H3. The summed E-state index contributed by atoms with van der Waals surface area (Å²) in [6, 6.07) is 15.1. The zero-order valence-electron chi connectivity index (χ0n) is 12.4. The SMILES string of the molecule is COc1cc(-c2nc(-c3ccccc3)oc2C)ccc1C=O. The Morgan fingerprint density at radius 3 is 2.55 bits per heavy atom. The molecule has 110 valence electrons. The van der Waals surface area contributed by atoms with Gasteiger partial charge in [0, 0.05) is 11.1 Å². The van der Waals surface area contributed by atoms with Gasteiger partial charge in [-0.25, -0.2) is 4.98 Å². The second-order valence-corrected chi connectivity index (χ2v) is 4.86. The average Bonchev–Trinajstić information content (AvgIpc) is 2.97. The van der Waals surface area contributed by atoms with Crippen LogP contribution in [0.1, 0.15) is 16.1 Å². The van der Waals surface area contributed by atoms with Gasteiger partial charge >= 0.3 is 0 Å². The van der Waals surface area contributed by atoms with Gasteiger partial charge in [0.15, 0.2) is 6.29 Å². The molecule has 3 rings (SSSR count). The highest BCUT2D eigenvalue weighted by Crippen LogP contribution is 2.31. The molecule has 3 aromatic rings. The third kappa shape index (κ3) is 2.51. The van der Waals surface area contributed by atoms with Gasteiger partial charge in [0.25, 0.3) is 0 Å². The highest BCUT2D eigenvalue weighted by atomic mass is 16.5. The van der Waals surface area contributed by atoms with E-state index in [0.717, 1.165) is 28.9 Å². The van der Waals surface area contributed by atoms with Crippen LogP contribution in [0.25, 0.3) is 22.7 Å². The van der Waals surface area contributed by atoms with Gasteiger partial charge in [0.1, 0.15) is 17.2 Å². The molecule has 1 aromatic heterocycles. The monoisotopic (exact) mass is 293 g/mol. The first-order valence-corrected chi connectivity index (χ1v) is 6.89. The van der Waals surface area contributed by atoms with Crippen LogP contribution < -0.4 is 4.74 Å². The lowest BCUT2D eigenvalue weighted by atomic mass is 10.1. The number of aryl methyl sites for hydroxylation is 1. The van der Waals surface area contributed by atoms with Gasteiger partial charge in [-0.15, -0.1) is 0 Å². The number of hydrogen-bond acceptors (Lipinski definition) is 4. The van der Waals surface area contributed by atoms with E-state index < -0.39 is 0 Å². The van der Waals surface area contributed by atoms with Crippen LogP contribution in [0.2, 0.25) is 0 Å². The van der Waals surface area contributed by atoms with E-state index in [9.17, 15) is 4.79 Å². The number of hydrogen-bond donors (Lipinski definition) is 0. The van der Waals surface area contributed by atoms with Gasteiger partial charge in [-0.2, -0.15) is 0 Å². The van der Waals surface area contributed by atoms with E-state index in [4.69, 9.17) is 9.15 Å². The number of carbonyl (C=O) groups excluding carboxylic acids is 1. The van der Waals surface area contributed by atoms with Crippen molar-refractivity contribution < 1.29 is 13.9 Å². The molecule has 0 amide bonds. The first-order chi connectivity index (χ1) is 10.7. The topological polar surface area (TPSA) is 52.3 Å². The third-order valence-corrected chi connectivity index (χ3v) is 3.45. The van der Waals surface area contributed by atoms with Crippen molar-refractivity contribution in [2.24, 2.45) is 0 Å². The molecule has 0 radical (unpaired) electrons. The highest BCUT2D eigenvalue weighted by molar-refractivity contribution is 5.81. The van der Waals surface area contributed by atoms with Gasteiger partial charge in [-0.1, -0.05) is 24.3 Å². The number of carbonyl (C=O) groups is 1. The fraction of sp³-hybridized carbons (Fsp3) is 0.111. The van der Waals surface area contributed by atoms with E-state index in [0.29, 0.717) is 17.2 Å². The molecule has 0 saturated carbocycles. The average molecular weight is 293 g/mol. The van der Waals surface area contributed by atoms with Crippen molar-refractivity contribution in [1.82, 2.24) is 4.98 Å². The number of nitrogens with zero attached hydrogens (tertiary/aromatic N) is 1. The molecule has 0 aliphatic heterocycles. The first-order valence-electron chi connectivity index (χ1n) is 6.89.